The topological polar surface area (TPSA) is 55.6 Å². The van der Waals surface area contributed by atoms with Crippen LogP contribution in [0.3, 0.4) is 0 Å². The molecule has 0 aliphatic carbocycles. The molecule has 5 heteroatoms. The Hall–Kier alpha value is -2.20. The van der Waals surface area contributed by atoms with E-state index in [9.17, 15) is 4.79 Å². The fraction of sp³-hybridized carbons (Fsp3) is 0.350. The molecule has 1 heterocycles. The van der Waals surface area contributed by atoms with Crippen molar-refractivity contribution in [2.45, 2.75) is 25.2 Å². The van der Waals surface area contributed by atoms with Crippen LogP contribution in [0.4, 0.5) is 5.69 Å². The Morgan fingerprint density at radius 3 is 2.60 bits per heavy atom. The molecular weight excluding hydrogens is 336 g/mol. The summed E-state index contributed by atoms with van der Waals surface area (Å²) in [7, 11) is 1.67. The average molecular weight is 361 g/mol. The summed E-state index contributed by atoms with van der Waals surface area (Å²) in [4.78, 5) is 14.5. The van der Waals surface area contributed by atoms with Crippen molar-refractivity contribution >= 4 is 24.0 Å². The van der Waals surface area contributed by atoms with E-state index in [0.29, 0.717) is 18.8 Å². The van der Waals surface area contributed by atoms with Gasteiger partial charge in [-0.1, -0.05) is 30.3 Å². The quantitative estimate of drug-likeness (QED) is 0.828. The van der Waals surface area contributed by atoms with Crippen LogP contribution >= 0.6 is 12.4 Å². The number of likely N-dealkylation sites (tertiary alicyclic amines) is 1. The second-order valence-electron chi connectivity index (χ2n) is 6.30. The monoisotopic (exact) mass is 360 g/mol. The molecule has 0 aromatic heterocycles. The van der Waals surface area contributed by atoms with Gasteiger partial charge in [-0.15, -0.1) is 12.4 Å². The number of benzene rings is 2. The largest absolute Gasteiger partial charge is 0.497 e. The van der Waals surface area contributed by atoms with Crippen molar-refractivity contribution in [2.75, 3.05) is 25.9 Å². The molecule has 2 aromatic carbocycles. The van der Waals surface area contributed by atoms with Gasteiger partial charge in [-0.05, 0) is 42.2 Å². The van der Waals surface area contributed by atoms with Gasteiger partial charge in [-0.2, -0.15) is 0 Å². The minimum absolute atomic E-state index is 0. The summed E-state index contributed by atoms with van der Waals surface area (Å²) >= 11 is 0. The maximum Gasteiger partial charge on any atom is 0.222 e. The molecule has 0 radical (unpaired) electrons. The molecule has 1 aliphatic rings. The molecule has 134 valence electrons. The number of nitrogens with two attached hydrogens (primary N) is 1. The van der Waals surface area contributed by atoms with Gasteiger partial charge in [0.2, 0.25) is 5.91 Å². The average Bonchev–Trinajstić information content (AvgIpc) is 3.11. The van der Waals surface area contributed by atoms with E-state index >= 15 is 0 Å². The molecule has 4 nitrogen and oxygen atoms in total. The number of hydrogen-bond donors (Lipinski definition) is 1. The number of methoxy groups -OCH3 is 1. The zero-order valence-corrected chi connectivity index (χ0v) is 15.3. The van der Waals surface area contributed by atoms with E-state index in [1.165, 1.54) is 5.56 Å². The highest BCUT2D eigenvalue weighted by Gasteiger charge is 2.27. The third-order valence-corrected chi connectivity index (χ3v) is 4.79. The van der Waals surface area contributed by atoms with Gasteiger partial charge in [0.15, 0.2) is 0 Å². The van der Waals surface area contributed by atoms with Crippen LogP contribution in [-0.4, -0.2) is 31.0 Å². The Balaban J connectivity index is 0.00000225. The first-order valence-electron chi connectivity index (χ1n) is 8.42. The van der Waals surface area contributed by atoms with Gasteiger partial charge in [0, 0.05) is 31.1 Å². The summed E-state index contributed by atoms with van der Waals surface area (Å²) in [5, 5.41) is 0. The number of hydrogen-bond acceptors (Lipinski definition) is 3. The number of ether oxygens (including phenoxy) is 1. The second kappa shape index (κ2) is 8.77. The highest BCUT2D eigenvalue weighted by molar-refractivity contribution is 5.85. The Morgan fingerprint density at radius 1 is 1.20 bits per heavy atom. The minimum Gasteiger partial charge on any atom is -0.497 e. The Labute approximate surface area is 155 Å². The van der Waals surface area contributed by atoms with Gasteiger partial charge in [0.25, 0.3) is 0 Å². The number of halogens is 1. The first kappa shape index (κ1) is 19.1. The van der Waals surface area contributed by atoms with E-state index in [4.69, 9.17) is 10.5 Å². The van der Waals surface area contributed by atoms with Crippen molar-refractivity contribution in [3.05, 3.63) is 59.7 Å². The summed E-state index contributed by atoms with van der Waals surface area (Å²) in [5.41, 5.74) is 9.04. The number of nitrogen functional groups attached to an aromatic ring is 1. The van der Waals surface area contributed by atoms with Gasteiger partial charge in [-0.3, -0.25) is 4.79 Å². The highest BCUT2D eigenvalue weighted by atomic mass is 35.5. The van der Waals surface area contributed by atoms with Gasteiger partial charge >= 0.3 is 0 Å². The Kier molecular flexibility index (Phi) is 6.71. The van der Waals surface area contributed by atoms with Crippen molar-refractivity contribution in [1.29, 1.82) is 0 Å². The third-order valence-electron chi connectivity index (χ3n) is 4.79. The smallest absolute Gasteiger partial charge is 0.222 e. The first-order chi connectivity index (χ1) is 11.7. The van der Waals surface area contributed by atoms with Gasteiger partial charge in [0.1, 0.15) is 5.75 Å². The van der Waals surface area contributed by atoms with E-state index in [-0.39, 0.29) is 18.3 Å². The highest BCUT2D eigenvalue weighted by Crippen LogP contribution is 2.29. The summed E-state index contributed by atoms with van der Waals surface area (Å²) in [6.45, 7) is 1.63. The molecule has 3 rings (SSSR count). The summed E-state index contributed by atoms with van der Waals surface area (Å²) in [6.07, 6.45) is 2.24. The maximum atomic E-state index is 12.5. The Bertz CT molecular complexity index is 703. The third kappa shape index (κ3) is 4.67. The lowest BCUT2D eigenvalue weighted by Crippen LogP contribution is -2.28. The lowest BCUT2D eigenvalue weighted by Gasteiger charge is -2.17. The Morgan fingerprint density at radius 2 is 1.92 bits per heavy atom. The molecule has 0 bridgehead atoms. The molecule has 1 atom stereocenters. The number of carbonyl (C=O) groups excluding carboxylic acids is 1. The van der Waals surface area contributed by atoms with Crippen molar-refractivity contribution in [3.63, 3.8) is 0 Å². The molecule has 1 unspecified atom stereocenters. The van der Waals surface area contributed by atoms with Gasteiger partial charge in [-0.25, -0.2) is 0 Å². The van der Waals surface area contributed by atoms with Gasteiger partial charge < -0.3 is 15.4 Å². The van der Waals surface area contributed by atoms with Crippen LogP contribution in [0.5, 0.6) is 5.75 Å². The molecule has 2 N–H and O–H groups in total. The molecule has 2 aromatic rings. The number of anilines is 1. The van der Waals surface area contributed by atoms with Gasteiger partial charge in [0.05, 0.1) is 7.11 Å². The molecule has 25 heavy (non-hydrogen) atoms. The zero-order chi connectivity index (χ0) is 16.9. The fourth-order valence-corrected chi connectivity index (χ4v) is 3.30. The van der Waals surface area contributed by atoms with Crippen molar-refractivity contribution in [1.82, 2.24) is 4.90 Å². The zero-order valence-electron chi connectivity index (χ0n) is 14.5. The van der Waals surface area contributed by atoms with Crippen LogP contribution in [0.15, 0.2) is 48.5 Å². The molecule has 0 saturated carbocycles. The maximum absolute atomic E-state index is 12.5. The predicted molar refractivity (Wildman–Crippen MR) is 103 cm³/mol. The number of rotatable bonds is 5. The van der Waals surface area contributed by atoms with Crippen molar-refractivity contribution < 1.29 is 9.53 Å². The lowest BCUT2D eigenvalue weighted by molar-refractivity contribution is -0.130. The van der Waals surface area contributed by atoms with E-state index < -0.39 is 0 Å². The minimum atomic E-state index is 0. The van der Waals surface area contributed by atoms with Crippen LogP contribution in [0.25, 0.3) is 0 Å². The van der Waals surface area contributed by atoms with Crippen LogP contribution in [-0.2, 0) is 11.2 Å². The number of para-hydroxylation sites is 1. The van der Waals surface area contributed by atoms with E-state index in [1.54, 1.807) is 7.11 Å². The summed E-state index contributed by atoms with van der Waals surface area (Å²) in [5.74, 6) is 1.50. The van der Waals surface area contributed by atoms with Crippen molar-refractivity contribution in [2.24, 2.45) is 0 Å². The second-order valence-corrected chi connectivity index (χ2v) is 6.30. The molecular formula is C20H25ClN2O2. The van der Waals surface area contributed by atoms with Crippen LogP contribution < -0.4 is 10.5 Å². The van der Waals surface area contributed by atoms with Crippen LogP contribution in [0, 0.1) is 0 Å². The molecule has 1 fully saturated rings. The van der Waals surface area contributed by atoms with Crippen molar-refractivity contribution in [3.8, 4) is 5.75 Å². The lowest BCUT2D eigenvalue weighted by atomic mass is 9.98. The SMILES string of the molecule is COc1ccc(C2CCN(C(=O)CCc3ccccc3N)C2)cc1.Cl. The van der Waals surface area contributed by atoms with Crippen LogP contribution in [0.2, 0.25) is 0 Å². The predicted octanol–water partition coefficient (Wildman–Crippen LogP) is 3.65. The molecule has 1 aliphatic heterocycles. The molecule has 1 saturated heterocycles. The number of nitrogens with zero attached hydrogens (tertiary/aromatic N) is 1. The van der Waals surface area contributed by atoms with E-state index in [0.717, 1.165) is 36.5 Å². The summed E-state index contributed by atoms with van der Waals surface area (Å²) < 4.78 is 5.20. The first-order valence-corrected chi connectivity index (χ1v) is 8.42. The van der Waals surface area contributed by atoms with Crippen LogP contribution in [0.1, 0.15) is 29.9 Å². The number of aryl methyl sites for hydroxylation is 1. The van der Waals surface area contributed by atoms with E-state index in [2.05, 4.69) is 12.1 Å². The molecule has 1 amide bonds. The number of amides is 1. The fourth-order valence-electron chi connectivity index (χ4n) is 3.30. The normalized spacial score (nSPS) is 16.4. The number of carbonyl (C=O) groups is 1. The van der Waals surface area contributed by atoms with E-state index in [1.807, 2.05) is 41.3 Å². The molecule has 0 spiro atoms. The standard InChI is InChI=1S/C20H24N2O2.ClH/c1-24-18-9-6-15(7-10-18)17-12-13-22(14-17)20(23)11-8-16-4-2-3-5-19(16)21;/h2-7,9-10,17H,8,11-14,21H2,1H3;1H. The summed E-state index contributed by atoms with van der Waals surface area (Å²) in [6, 6.07) is 15.9.